The molecule has 0 aliphatic carbocycles. The molecule has 0 bridgehead atoms. The predicted octanol–water partition coefficient (Wildman–Crippen LogP) is 0.0534. The van der Waals surface area contributed by atoms with Crippen molar-refractivity contribution in [3.8, 4) is 0 Å². The molecule has 0 aromatic heterocycles. The number of likely N-dealkylation sites (N-methyl/N-ethyl adjacent to an activating group) is 2. The molecule has 0 radical (unpaired) electrons. The van der Waals surface area contributed by atoms with E-state index in [1.165, 1.54) is 19.6 Å². The van der Waals surface area contributed by atoms with E-state index < -0.39 is 0 Å². The highest BCUT2D eigenvalue weighted by atomic mass is 16.4. The van der Waals surface area contributed by atoms with Gasteiger partial charge < -0.3 is 25.4 Å². The topological polar surface area (TPSA) is 68.4 Å². The number of aliphatic hydroxyl groups excluding tert-OH is 1. The van der Waals surface area contributed by atoms with E-state index in [0.717, 1.165) is 51.9 Å². The summed E-state index contributed by atoms with van der Waals surface area (Å²) in [6.45, 7) is 17.9. The average molecular weight is 376 g/mol. The van der Waals surface area contributed by atoms with Gasteiger partial charge in [-0.15, -0.1) is 0 Å². The Bertz CT molecular complexity index is 300. The first-order valence-corrected chi connectivity index (χ1v) is 10.00. The highest BCUT2D eigenvalue weighted by molar-refractivity contribution is 4.79. The number of aliphatic hydroxyl groups is 1. The lowest BCUT2D eigenvalue weighted by atomic mass is 10.1. The van der Waals surface area contributed by atoms with Gasteiger partial charge in [0.2, 0.25) is 0 Å². The minimum Gasteiger partial charge on any atom is -0.395 e. The van der Waals surface area contributed by atoms with Gasteiger partial charge in [0.25, 0.3) is 0 Å². The smallest absolute Gasteiger partial charge is 0.0599 e. The number of rotatable bonds is 5. The third kappa shape index (κ3) is 11.4. The standard InChI is InChI=1S/C10H22N2O.C7H17N3.C2H6O/c1-9(2)6-12-5-4-11(3)10(7-12)8-13;1-2-9-3-5-10(7-8)6-4-9;1-3-2/h9-10,13H,4-8H2,1-3H3;2-8H2,1H3;1-2H3. The molecule has 0 spiro atoms. The third-order valence-electron chi connectivity index (χ3n) is 4.87. The lowest BCUT2D eigenvalue weighted by Gasteiger charge is -2.39. The molecule has 2 aliphatic rings. The van der Waals surface area contributed by atoms with Crippen LogP contribution in [0.2, 0.25) is 0 Å². The van der Waals surface area contributed by atoms with Crippen molar-refractivity contribution in [2.75, 3.05) is 93.4 Å². The van der Waals surface area contributed by atoms with Crippen LogP contribution in [0.15, 0.2) is 0 Å². The molecule has 2 aliphatic heterocycles. The summed E-state index contributed by atoms with van der Waals surface area (Å²) in [6.07, 6.45) is 0. The molecule has 0 saturated carbocycles. The third-order valence-corrected chi connectivity index (χ3v) is 4.87. The molecule has 26 heavy (non-hydrogen) atoms. The molecule has 0 aromatic carbocycles. The van der Waals surface area contributed by atoms with Crippen LogP contribution in [-0.4, -0.2) is 124 Å². The Morgan fingerprint density at radius 3 is 1.92 bits per heavy atom. The molecular formula is C19H45N5O2. The van der Waals surface area contributed by atoms with E-state index in [4.69, 9.17) is 10.8 Å². The highest BCUT2D eigenvalue weighted by Gasteiger charge is 2.23. The van der Waals surface area contributed by atoms with Gasteiger partial charge in [0.1, 0.15) is 0 Å². The van der Waals surface area contributed by atoms with E-state index in [2.05, 4.69) is 52.2 Å². The molecule has 2 heterocycles. The van der Waals surface area contributed by atoms with E-state index in [1.807, 2.05) is 0 Å². The maximum atomic E-state index is 9.15. The first-order valence-electron chi connectivity index (χ1n) is 10.00. The first kappa shape index (κ1) is 25.7. The molecule has 3 N–H and O–H groups in total. The van der Waals surface area contributed by atoms with E-state index in [1.54, 1.807) is 14.2 Å². The van der Waals surface area contributed by atoms with Crippen LogP contribution in [0.4, 0.5) is 0 Å². The van der Waals surface area contributed by atoms with Crippen molar-refractivity contribution in [3.63, 3.8) is 0 Å². The Kier molecular flexibility index (Phi) is 15.6. The molecule has 1 atom stereocenters. The van der Waals surface area contributed by atoms with Gasteiger partial charge in [-0.25, -0.2) is 0 Å². The van der Waals surface area contributed by atoms with Gasteiger partial charge in [-0.1, -0.05) is 20.8 Å². The molecule has 2 saturated heterocycles. The quantitative estimate of drug-likeness (QED) is 0.704. The lowest BCUT2D eigenvalue weighted by molar-refractivity contribution is 0.0523. The van der Waals surface area contributed by atoms with Crippen molar-refractivity contribution < 1.29 is 9.84 Å². The fraction of sp³-hybridized carbons (Fsp3) is 1.00. The first-order chi connectivity index (χ1) is 12.4. The fourth-order valence-corrected chi connectivity index (χ4v) is 3.18. The second-order valence-corrected chi connectivity index (χ2v) is 7.61. The number of methoxy groups -OCH3 is 1. The Morgan fingerprint density at radius 2 is 1.50 bits per heavy atom. The molecule has 7 heteroatoms. The van der Waals surface area contributed by atoms with Gasteiger partial charge in [-0.05, 0) is 19.5 Å². The molecule has 7 nitrogen and oxygen atoms in total. The number of hydrogen-bond acceptors (Lipinski definition) is 7. The van der Waals surface area contributed by atoms with Crippen LogP contribution in [0.3, 0.4) is 0 Å². The van der Waals surface area contributed by atoms with Crippen LogP contribution >= 0.6 is 0 Å². The Morgan fingerprint density at radius 1 is 1.00 bits per heavy atom. The molecule has 158 valence electrons. The fourth-order valence-electron chi connectivity index (χ4n) is 3.18. The van der Waals surface area contributed by atoms with E-state index in [-0.39, 0.29) is 6.61 Å². The normalized spacial score (nSPS) is 23.2. The summed E-state index contributed by atoms with van der Waals surface area (Å²) in [4.78, 5) is 9.43. The average Bonchev–Trinajstić information content (AvgIpc) is 2.64. The minimum absolute atomic E-state index is 0.283. The number of hydrogen-bond donors (Lipinski definition) is 2. The molecule has 1 unspecified atom stereocenters. The zero-order valence-electron chi connectivity index (χ0n) is 18.2. The number of nitrogens with two attached hydrogens (primary N) is 1. The van der Waals surface area contributed by atoms with Gasteiger partial charge in [0.05, 0.1) is 6.61 Å². The molecule has 2 fully saturated rings. The van der Waals surface area contributed by atoms with Gasteiger partial charge >= 0.3 is 0 Å². The summed E-state index contributed by atoms with van der Waals surface area (Å²) >= 11 is 0. The molecular weight excluding hydrogens is 330 g/mol. The summed E-state index contributed by atoms with van der Waals surface area (Å²) in [5.41, 5.74) is 5.50. The maximum Gasteiger partial charge on any atom is 0.0599 e. The summed E-state index contributed by atoms with van der Waals surface area (Å²) in [7, 11) is 5.34. The van der Waals surface area contributed by atoms with Gasteiger partial charge in [-0.2, -0.15) is 0 Å². The van der Waals surface area contributed by atoms with Crippen molar-refractivity contribution in [1.29, 1.82) is 0 Å². The van der Waals surface area contributed by atoms with Crippen molar-refractivity contribution in [2.45, 2.75) is 26.8 Å². The van der Waals surface area contributed by atoms with Crippen molar-refractivity contribution >= 4 is 0 Å². The number of nitrogens with zero attached hydrogens (tertiary/aromatic N) is 4. The van der Waals surface area contributed by atoms with E-state index in [9.17, 15) is 0 Å². The van der Waals surface area contributed by atoms with Crippen LogP contribution in [-0.2, 0) is 4.74 Å². The van der Waals surface area contributed by atoms with Gasteiger partial charge in [0.15, 0.2) is 0 Å². The predicted molar refractivity (Wildman–Crippen MR) is 110 cm³/mol. The van der Waals surface area contributed by atoms with Crippen LogP contribution in [0.5, 0.6) is 0 Å². The second-order valence-electron chi connectivity index (χ2n) is 7.61. The highest BCUT2D eigenvalue weighted by Crippen LogP contribution is 2.09. The Hall–Kier alpha value is -0.280. The number of piperazine rings is 2. The maximum absolute atomic E-state index is 9.15. The van der Waals surface area contributed by atoms with Crippen LogP contribution in [0, 0.1) is 5.92 Å². The largest absolute Gasteiger partial charge is 0.395 e. The SMILES string of the molecule is CC(C)CN1CCN(C)C(CO)C1.CCN1CCN(CN)CC1.COC. The van der Waals surface area contributed by atoms with E-state index >= 15 is 0 Å². The van der Waals surface area contributed by atoms with Crippen LogP contribution < -0.4 is 5.73 Å². The second kappa shape index (κ2) is 15.7. The molecule has 0 amide bonds. The summed E-state index contributed by atoms with van der Waals surface area (Å²) < 4.78 is 4.25. The van der Waals surface area contributed by atoms with Crippen molar-refractivity contribution in [2.24, 2.45) is 11.7 Å². The van der Waals surface area contributed by atoms with Crippen molar-refractivity contribution in [1.82, 2.24) is 19.6 Å². The van der Waals surface area contributed by atoms with Crippen LogP contribution in [0.1, 0.15) is 20.8 Å². The minimum atomic E-state index is 0.283. The summed E-state index contributed by atoms with van der Waals surface area (Å²) in [5, 5.41) is 9.15. The summed E-state index contributed by atoms with van der Waals surface area (Å²) in [6, 6.07) is 0.340. The van der Waals surface area contributed by atoms with Crippen molar-refractivity contribution in [3.05, 3.63) is 0 Å². The Labute approximate surface area is 162 Å². The lowest BCUT2D eigenvalue weighted by Crippen LogP contribution is -2.53. The molecule has 0 aromatic rings. The van der Waals surface area contributed by atoms with Gasteiger partial charge in [0, 0.05) is 79.3 Å². The van der Waals surface area contributed by atoms with E-state index in [0.29, 0.717) is 6.04 Å². The molecule has 2 rings (SSSR count). The van der Waals surface area contributed by atoms with Crippen LogP contribution in [0.25, 0.3) is 0 Å². The van der Waals surface area contributed by atoms with Gasteiger partial charge in [-0.3, -0.25) is 9.80 Å². The Balaban J connectivity index is 0.000000428. The zero-order chi connectivity index (χ0) is 19.9. The monoisotopic (exact) mass is 375 g/mol. The summed E-state index contributed by atoms with van der Waals surface area (Å²) in [5.74, 6) is 0.725. The number of ether oxygens (including phenoxy) is 1. The zero-order valence-corrected chi connectivity index (χ0v) is 18.2.